The van der Waals surface area contributed by atoms with Crippen molar-refractivity contribution < 1.29 is 37.4 Å². The van der Waals surface area contributed by atoms with Gasteiger partial charge in [0.25, 0.3) is 5.56 Å². The number of nitrogens with one attached hydrogen (secondary N) is 1. The third-order valence-electron chi connectivity index (χ3n) is 2.78. The Hall–Kier alpha value is -1.79. The van der Waals surface area contributed by atoms with Crippen molar-refractivity contribution in [2.45, 2.75) is 13.8 Å². The first-order valence-electron chi connectivity index (χ1n) is 6.98. The molecule has 0 unspecified atom stereocenters. The zero-order valence-corrected chi connectivity index (χ0v) is 16.1. The van der Waals surface area contributed by atoms with E-state index < -0.39 is 0 Å². The van der Waals surface area contributed by atoms with Crippen LogP contribution in [0.25, 0.3) is 16.2 Å². The molecule has 0 saturated heterocycles. The molecular weight excluding hydrogens is 369 g/mol. The molecule has 23 heavy (non-hydrogen) atoms. The number of hydrogen-bond acceptors (Lipinski definition) is 4. The summed E-state index contributed by atoms with van der Waals surface area (Å²) in [6.07, 6.45) is 3.07. The van der Waals surface area contributed by atoms with Crippen LogP contribution in [0.15, 0.2) is 47.5 Å². The zero-order valence-electron chi connectivity index (χ0n) is 13.3. The van der Waals surface area contributed by atoms with Gasteiger partial charge in [0.2, 0.25) is 0 Å². The molecule has 1 N–H and O–H groups in total. The number of nitrogens with zero attached hydrogens (tertiary/aromatic N) is 3. The molecule has 117 valence electrons. The molecular formula is C16H17N4O2Y-. The molecule has 0 atom stereocenters. The number of ether oxygens (including phenoxy) is 1. The van der Waals surface area contributed by atoms with Gasteiger partial charge in [-0.3, -0.25) is 14.8 Å². The summed E-state index contributed by atoms with van der Waals surface area (Å²) in [4.78, 5) is 22.6. The van der Waals surface area contributed by atoms with E-state index in [2.05, 4.69) is 20.3 Å². The van der Waals surface area contributed by atoms with Crippen molar-refractivity contribution >= 4 is 16.6 Å². The van der Waals surface area contributed by atoms with Gasteiger partial charge in [-0.05, 0) is 18.2 Å². The Bertz CT molecular complexity index is 820. The standard InChI is InChI=1S/C14H11N4O2.C2H6.Y/c1-15-9-3-2-4-10(7-9)20-14-17-12-8-16-6-5-11(12)13(19)18-14;1-2;/h2-8H,1H3,(H,17,18,19);1-2H3;/q-1;;. The van der Waals surface area contributed by atoms with E-state index in [1.54, 1.807) is 31.4 Å². The average molecular weight is 386 g/mol. The van der Waals surface area contributed by atoms with E-state index >= 15 is 0 Å². The van der Waals surface area contributed by atoms with Gasteiger partial charge in [-0.2, -0.15) is 4.98 Å². The van der Waals surface area contributed by atoms with Crippen LogP contribution in [0.4, 0.5) is 5.69 Å². The molecule has 1 radical (unpaired) electrons. The van der Waals surface area contributed by atoms with E-state index in [0.717, 1.165) is 5.69 Å². The molecule has 0 aliphatic heterocycles. The van der Waals surface area contributed by atoms with Crippen molar-refractivity contribution in [2.75, 3.05) is 7.05 Å². The van der Waals surface area contributed by atoms with Gasteiger partial charge in [-0.1, -0.05) is 26.0 Å². The number of pyridine rings is 1. The van der Waals surface area contributed by atoms with E-state index in [-0.39, 0.29) is 44.3 Å². The largest absolute Gasteiger partial charge is 0.687 e. The number of hydrogen-bond donors (Lipinski definition) is 1. The molecule has 1 aromatic carbocycles. The molecule has 3 aromatic rings. The predicted octanol–water partition coefficient (Wildman–Crippen LogP) is 3.77. The normalized spacial score (nSPS) is 9.35. The maximum atomic E-state index is 11.9. The fourth-order valence-electron chi connectivity index (χ4n) is 1.82. The van der Waals surface area contributed by atoms with Crippen LogP contribution in [-0.2, 0) is 32.7 Å². The second kappa shape index (κ2) is 9.37. The molecule has 2 heterocycles. The fraction of sp³-hybridized carbons (Fsp3) is 0.188. The Balaban J connectivity index is 0.000000849. The number of aromatic amines is 1. The number of H-pyrrole nitrogens is 1. The third-order valence-corrected chi connectivity index (χ3v) is 2.78. The second-order valence-corrected chi connectivity index (χ2v) is 4.09. The summed E-state index contributed by atoms with van der Waals surface area (Å²) in [6.45, 7) is 4.00. The van der Waals surface area contributed by atoms with Crippen LogP contribution in [0.3, 0.4) is 0 Å². The summed E-state index contributed by atoms with van der Waals surface area (Å²) < 4.78 is 5.56. The minimum atomic E-state index is -0.260. The predicted molar refractivity (Wildman–Crippen MR) is 87.0 cm³/mol. The molecule has 2 aromatic heterocycles. The molecule has 0 amide bonds. The molecule has 0 fully saturated rings. The van der Waals surface area contributed by atoms with Crippen molar-refractivity contribution in [3.63, 3.8) is 0 Å². The molecule has 0 bridgehead atoms. The Morgan fingerprint density at radius 2 is 2.00 bits per heavy atom. The zero-order chi connectivity index (χ0) is 15.9. The van der Waals surface area contributed by atoms with Crippen molar-refractivity contribution in [1.29, 1.82) is 0 Å². The molecule has 7 heteroatoms. The Morgan fingerprint density at radius 1 is 1.22 bits per heavy atom. The van der Waals surface area contributed by atoms with Crippen molar-refractivity contribution in [3.8, 4) is 11.8 Å². The van der Waals surface area contributed by atoms with Gasteiger partial charge >= 0.3 is 6.01 Å². The van der Waals surface area contributed by atoms with Gasteiger partial charge in [-0.25, -0.2) is 0 Å². The molecule has 3 rings (SSSR count). The van der Waals surface area contributed by atoms with Crippen LogP contribution < -0.4 is 10.3 Å². The molecule has 0 aliphatic carbocycles. The minimum Gasteiger partial charge on any atom is -0.687 e. The molecule has 6 nitrogen and oxygen atoms in total. The van der Waals surface area contributed by atoms with Gasteiger partial charge in [0, 0.05) is 38.9 Å². The summed E-state index contributed by atoms with van der Waals surface area (Å²) in [6, 6.07) is 8.94. The van der Waals surface area contributed by atoms with Crippen LogP contribution in [-0.4, -0.2) is 22.0 Å². The first kappa shape index (κ1) is 19.3. The van der Waals surface area contributed by atoms with Crippen molar-refractivity contribution in [1.82, 2.24) is 15.0 Å². The van der Waals surface area contributed by atoms with E-state index in [9.17, 15) is 4.79 Å². The second-order valence-electron chi connectivity index (χ2n) is 4.09. The number of rotatable bonds is 3. The summed E-state index contributed by atoms with van der Waals surface area (Å²) in [5.74, 6) is 0.555. The quantitative estimate of drug-likeness (QED) is 0.743. The maximum Gasteiger partial charge on any atom is 0.302 e. The first-order valence-corrected chi connectivity index (χ1v) is 6.98. The molecule has 0 spiro atoms. The fourth-order valence-corrected chi connectivity index (χ4v) is 1.82. The SMILES string of the molecule is CC.C[N-]c1cccc(Oc2nc3cnccc3c(=O)[nH]2)c1.[Y]. The third kappa shape index (κ3) is 4.84. The monoisotopic (exact) mass is 386 g/mol. The van der Waals surface area contributed by atoms with Gasteiger partial charge in [0.1, 0.15) is 5.75 Å². The Morgan fingerprint density at radius 3 is 2.74 bits per heavy atom. The van der Waals surface area contributed by atoms with Gasteiger partial charge < -0.3 is 10.1 Å². The summed E-state index contributed by atoms with van der Waals surface area (Å²) in [5.41, 5.74) is 1.01. The van der Waals surface area contributed by atoms with Gasteiger partial charge in [0.15, 0.2) is 0 Å². The van der Waals surface area contributed by atoms with Crippen LogP contribution >= 0.6 is 0 Å². The van der Waals surface area contributed by atoms with Crippen LogP contribution in [0.1, 0.15) is 13.8 Å². The summed E-state index contributed by atoms with van der Waals surface area (Å²) >= 11 is 0. The van der Waals surface area contributed by atoms with Crippen molar-refractivity contribution in [3.05, 3.63) is 58.4 Å². The van der Waals surface area contributed by atoms with E-state index in [0.29, 0.717) is 16.7 Å². The van der Waals surface area contributed by atoms with Crippen molar-refractivity contribution in [2.24, 2.45) is 0 Å². The van der Waals surface area contributed by atoms with Crippen LogP contribution in [0.5, 0.6) is 11.8 Å². The van der Waals surface area contributed by atoms with Gasteiger partial charge in [-0.15, -0.1) is 12.7 Å². The average Bonchev–Trinajstić information content (AvgIpc) is 2.57. The number of fused-ring (bicyclic) bond motifs is 1. The van der Waals surface area contributed by atoms with E-state index in [1.165, 1.54) is 6.20 Å². The van der Waals surface area contributed by atoms with Crippen LogP contribution in [0.2, 0.25) is 0 Å². The molecule has 0 saturated carbocycles. The smallest absolute Gasteiger partial charge is 0.302 e. The maximum absolute atomic E-state index is 11.9. The van der Waals surface area contributed by atoms with Gasteiger partial charge in [0.05, 0.1) is 17.1 Å². The number of aromatic nitrogens is 3. The summed E-state index contributed by atoms with van der Waals surface area (Å²) in [7, 11) is 1.70. The minimum absolute atomic E-state index is 0. The first-order chi connectivity index (χ1) is 10.8. The molecule has 0 aliphatic rings. The van der Waals surface area contributed by atoms with E-state index in [1.807, 2.05) is 26.0 Å². The summed E-state index contributed by atoms with van der Waals surface area (Å²) in [5, 5.41) is 4.53. The topological polar surface area (TPSA) is 82.0 Å². The van der Waals surface area contributed by atoms with E-state index in [4.69, 9.17) is 4.74 Å². The Labute approximate surface area is 159 Å². The number of benzene rings is 1. The Kier molecular flexibility index (Phi) is 7.85. The van der Waals surface area contributed by atoms with Crippen LogP contribution in [0, 0.1) is 0 Å².